The number of imidazole rings is 1. The fraction of sp³-hybridized carbons (Fsp3) is 0.368. The van der Waals surface area contributed by atoms with Crippen molar-refractivity contribution in [2.75, 3.05) is 11.9 Å². The quantitative estimate of drug-likeness (QED) is 0.689. The molecule has 0 amide bonds. The molecule has 0 unspecified atom stereocenters. The van der Waals surface area contributed by atoms with Crippen LogP contribution < -0.4 is 5.32 Å². The Hall–Kier alpha value is -2.34. The van der Waals surface area contributed by atoms with Crippen LogP contribution >= 0.6 is 11.3 Å². The molecule has 1 aromatic carbocycles. The number of hydrogen-bond donors (Lipinski definition) is 1. The van der Waals surface area contributed by atoms with E-state index in [9.17, 15) is 4.79 Å². The predicted molar refractivity (Wildman–Crippen MR) is 102 cm³/mol. The van der Waals surface area contributed by atoms with E-state index in [4.69, 9.17) is 9.72 Å². The molecule has 2 heterocycles. The minimum absolute atomic E-state index is 0.136. The summed E-state index contributed by atoms with van der Waals surface area (Å²) in [6, 6.07) is 10.1. The van der Waals surface area contributed by atoms with Gasteiger partial charge in [0, 0.05) is 22.2 Å². The Balaban J connectivity index is 2.12. The van der Waals surface area contributed by atoms with Crippen molar-refractivity contribution >= 4 is 28.1 Å². The molecule has 0 spiro atoms. The minimum Gasteiger partial charge on any atom is -0.466 e. The Morgan fingerprint density at radius 2 is 2.00 bits per heavy atom. The summed E-state index contributed by atoms with van der Waals surface area (Å²) in [4.78, 5) is 17.6. The maximum atomic E-state index is 12.0. The van der Waals surface area contributed by atoms with E-state index in [1.165, 1.54) is 11.3 Å². The highest BCUT2D eigenvalue weighted by molar-refractivity contribution is 7.15. The third-order valence-corrected chi connectivity index (χ3v) is 4.48. The predicted octanol–water partition coefficient (Wildman–Crippen LogP) is 4.38. The molecule has 0 fully saturated rings. The first-order valence-corrected chi connectivity index (χ1v) is 9.25. The lowest BCUT2D eigenvalue weighted by atomic mass is 10.1. The van der Waals surface area contributed by atoms with E-state index in [2.05, 4.69) is 26.1 Å². The number of thiazole rings is 1. The van der Waals surface area contributed by atoms with E-state index in [0.717, 1.165) is 27.7 Å². The molecule has 0 bridgehead atoms. The van der Waals surface area contributed by atoms with Gasteiger partial charge in [-0.05, 0) is 27.7 Å². The summed E-state index contributed by atoms with van der Waals surface area (Å²) in [6.07, 6.45) is 0.233. The number of aromatic nitrogens is 2. The van der Waals surface area contributed by atoms with Crippen LogP contribution in [0.15, 0.2) is 35.7 Å². The second-order valence-electron chi connectivity index (χ2n) is 6.88. The molecular weight excluding hydrogens is 334 g/mol. The zero-order chi connectivity index (χ0) is 18.0. The summed E-state index contributed by atoms with van der Waals surface area (Å²) in [6.45, 7) is 8.53. The SMILES string of the molecule is CCOC(=O)Cc1csc2nc(-c3ccccc3)c(NC(C)(C)C)n12. The van der Waals surface area contributed by atoms with Gasteiger partial charge in [0.15, 0.2) is 4.96 Å². The minimum atomic E-state index is -0.223. The van der Waals surface area contributed by atoms with Crippen molar-refractivity contribution in [2.45, 2.75) is 39.7 Å². The first-order chi connectivity index (χ1) is 11.9. The molecule has 1 N–H and O–H groups in total. The average molecular weight is 357 g/mol. The highest BCUT2D eigenvalue weighted by Crippen LogP contribution is 2.34. The first-order valence-electron chi connectivity index (χ1n) is 8.37. The number of nitrogens with one attached hydrogen (secondary N) is 1. The van der Waals surface area contributed by atoms with Crippen LogP contribution in [0, 0.1) is 0 Å². The zero-order valence-electron chi connectivity index (χ0n) is 15.0. The van der Waals surface area contributed by atoms with Gasteiger partial charge in [-0.2, -0.15) is 0 Å². The van der Waals surface area contributed by atoms with Crippen molar-refractivity contribution in [3.63, 3.8) is 0 Å². The summed E-state index contributed by atoms with van der Waals surface area (Å²) in [5.74, 6) is 0.688. The molecule has 3 rings (SSSR count). The number of esters is 1. The monoisotopic (exact) mass is 357 g/mol. The van der Waals surface area contributed by atoms with Crippen LogP contribution in [0.2, 0.25) is 0 Å². The Morgan fingerprint density at radius 3 is 2.64 bits per heavy atom. The van der Waals surface area contributed by atoms with E-state index in [1.807, 2.05) is 47.0 Å². The normalized spacial score (nSPS) is 11.7. The molecule has 0 saturated heterocycles. The molecule has 3 aromatic rings. The van der Waals surface area contributed by atoms with Crippen LogP contribution in [0.4, 0.5) is 5.82 Å². The van der Waals surface area contributed by atoms with Gasteiger partial charge in [-0.1, -0.05) is 30.3 Å². The number of carbonyl (C=O) groups excluding carboxylic acids is 1. The molecule has 2 aromatic heterocycles. The fourth-order valence-corrected chi connectivity index (χ4v) is 3.56. The first kappa shape index (κ1) is 17.5. The van der Waals surface area contributed by atoms with Gasteiger partial charge in [-0.25, -0.2) is 4.98 Å². The molecule has 25 heavy (non-hydrogen) atoms. The molecule has 0 aliphatic heterocycles. The average Bonchev–Trinajstić information content (AvgIpc) is 3.08. The maximum absolute atomic E-state index is 12.0. The molecule has 0 aliphatic rings. The fourth-order valence-electron chi connectivity index (χ4n) is 2.67. The molecule has 0 radical (unpaired) electrons. The van der Waals surface area contributed by atoms with Gasteiger partial charge in [0.2, 0.25) is 0 Å². The summed E-state index contributed by atoms with van der Waals surface area (Å²) in [5, 5.41) is 5.53. The number of hydrogen-bond acceptors (Lipinski definition) is 5. The van der Waals surface area contributed by atoms with Gasteiger partial charge in [0.25, 0.3) is 0 Å². The number of nitrogens with zero attached hydrogens (tertiary/aromatic N) is 2. The van der Waals surface area contributed by atoms with Crippen LogP contribution in [0.3, 0.4) is 0 Å². The van der Waals surface area contributed by atoms with Crippen molar-refractivity contribution in [1.29, 1.82) is 0 Å². The van der Waals surface area contributed by atoms with Crippen molar-refractivity contribution in [3.05, 3.63) is 41.4 Å². The molecule has 0 saturated carbocycles. The highest BCUT2D eigenvalue weighted by Gasteiger charge is 2.22. The largest absolute Gasteiger partial charge is 0.466 e. The van der Waals surface area contributed by atoms with Crippen LogP contribution in [0.5, 0.6) is 0 Å². The smallest absolute Gasteiger partial charge is 0.311 e. The Morgan fingerprint density at radius 1 is 1.28 bits per heavy atom. The van der Waals surface area contributed by atoms with E-state index >= 15 is 0 Å². The third kappa shape index (κ3) is 3.85. The number of ether oxygens (including phenoxy) is 1. The summed E-state index contributed by atoms with van der Waals surface area (Å²) in [7, 11) is 0. The van der Waals surface area contributed by atoms with Gasteiger partial charge >= 0.3 is 5.97 Å². The lowest BCUT2D eigenvalue weighted by molar-refractivity contribution is -0.142. The number of rotatable bonds is 5. The van der Waals surface area contributed by atoms with E-state index in [0.29, 0.717) is 6.61 Å². The van der Waals surface area contributed by atoms with Crippen molar-refractivity contribution in [2.24, 2.45) is 0 Å². The lowest BCUT2D eigenvalue weighted by Gasteiger charge is -2.23. The van der Waals surface area contributed by atoms with Gasteiger partial charge in [-0.15, -0.1) is 11.3 Å². The van der Waals surface area contributed by atoms with Crippen LogP contribution in [-0.2, 0) is 16.0 Å². The van der Waals surface area contributed by atoms with Gasteiger partial charge in [0.05, 0.1) is 13.0 Å². The molecule has 0 aliphatic carbocycles. The summed E-state index contributed by atoms with van der Waals surface area (Å²) < 4.78 is 7.14. The maximum Gasteiger partial charge on any atom is 0.311 e. The molecule has 5 nitrogen and oxygen atoms in total. The Labute approximate surface area is 151 Å². The van der Waals surface area contributed by atoms with Crippen molar-refractivity contribution in [1.82, 2.24) is 9.38 Å². The topological polar surface area (TPSA) is 55.6 Å². The highest BCUT2D eigenvalue weighted by atomic mass is 32.1. The summed E-state index contributed by atoms with van der Waals surface area (Å²) in [5.41, 5.74) is 2.70. The van der Waals surface area contributed by atoms with Crippen LogP contribution in [-0.4, -0.2) is 27.5 Å². The number of fused-ring (bicyclic) bond motifs is 1. The molecular formula is C19H23N3O2S. The Bertz CT molecular complexity index is 875. The second-order valence-corrected chi connectivity index (χ2v) is 7.71. The second kappa shape index (κ2) is 6.88. The van der Waals surface area contributed by atoms with Gasteiger partial charge in [-0.3, -0.25) is 9.20 Å². The zero-order valence-corrected chi connectivity index (χ0v) is 15.8. The van der Waals surface area contributed by atoms with Gasteiger partial charge in [0.1, 0.15) is 11.5 Å². The number of carbonyl (C=O) groups is 1. The number of benzene rings is 1. The van der Waals surface area contributed by atoms with Crippen LogP contribution in [0.25, 0.3) is 16.2 Å². The van der Waals surface area contributed by atoms with E-state index in [-0.39, 0.29) is 17.9 Å². The van der Waals surface area contributed by atoms with Crippen molar-refractivity contribution in [3.8, 4) is 11.3 Å². The molecule has 0 atom stereocenters. The number of anilines is 1. The summed E-state index contributed by atoms with van der Waals surface area (Å²) >= 11 is 1.53. The van der Waals surface area contributed by atoms with Crippen LogP contribution in [0.1, 0.15) is 33.4 Å². The van der Waals surface area contributed by atoms with Gasteiger partial charge < -0.3 is 10.1 Å². The molecule has 132 valence electrons. The Kier molecular flexibility index (Phi) is 4.81. The standard InChI is InChI=1S/C19H23N3O2S/c1-5-24-15(23)11-14-12-25-18-20-16(13-9-7-6-8-10-13)17(22(14)18)21-19(2,3)4/h6-10,12,21H,5,11H2,1-4H3. The third-order valence-electron chi connectivity index (χ3n) is 3.61. The van der Waals surface area contributed by atoms with E-state index < -0.39 is 0 Å². The lowest BCUT2D eigenvalue weighted by Crippen LogP contribution is -2.27. The molecule has 6 heteroatoms. The van der Waals surface area contributed by atoms with E-state index in [1.54, 1.807) is 0 Å². The van der Waals surface area contributed by atoms with Crippen molar-refractivity contribution < 1.29 is 9.53 Å².